The van der Waals surface area contributed by atoms with Crippen molar-refractivity contribution in [3.8, 4) is 0 Å². The van der Waals surface area contributed by atoms with Crippen LogP contribution in [0.15, 0.2) is 0 Å². The number of hydrogen-bond donors (Lipinski definition) is 2. The molecular weight excluding hydrogens is 166 g/mol. The highest BCUT2D eigenvalue weighted by Crippen LogP contribution is 2.27. The average Bonchev–Trinajstić information content (AvgIpc) is 1.96. The Kier molecular flexibility index (Phi) is 2.63. The number of nitrogens with two attached hydrogens (primary N) is 2. The number of carbonyl (C=O) groups is 1. The van der Waals surface area contributed by atoms with E-state index < -0.39 is 0 Å². The van der Waals surface area contributed by atoms with Crippen LogP contribution in [0.3, 0.4) is 0 Å². The molecule has 0 aromatic carbocycles. The first-order chi connectivity index (χ1) is 5.87. The highest BCUT2D eigenvalue weighted by molar-refractivity contribution is 5.79. The first-order valence-corrected chi connectivity index (χ1v) is 4.69. The molecule has 1 unspecified atom stereocenters. The van der Waals surface area contributed by atoms with Crippen molar-refractivity contribution in [2.24, 2.45) is 17.4 Å². The van der Waals surface area contributed by atoms with Crippen LogP contribution in [-0.4, -0.2) is 35.5 Å². The van der Waals surface area contributed by atoms with Gasteiger partial charge in [-0.3, -0.25) is 9.69 Å². The predicted octanol–water partition coefficient (Wildman–Crippen LogP) is -0.471. The zero-order valence-corrected chi connectivity index (χ0v) is 8.58. The van der Waals surface area contributed by atoms with Crippen LogP contribution in [0.1, 0.15) is 20.8 Å². The third kappa shape index (κ3) is 1.84. The number of amides is 1. The van der Waals surface area contributed by atoms with Crippen molar-refractivity contribution in [3.63, 3.8) is 0 Å². The molecule has 0 aromatic rings. The van der Waals surface area contributed by atoms with Crippen molar-refractivity contribution in [3.05, 3.63) is 0 Å². The van der Waals surface area contributed by atoms with Gasteiger partial charge < -0.3 is 11.5 Å². The van der Waals surface area contributed by atoms with Gasteiger partial charge in [0.1, 0.15) is 0 Å². The fourth-order valence-electron chi connectivity index (χ4n) is 1.53. The first-order valence-electron chi connectivity index (χ1n) is 4.69. The minimum atomic E-state index is -0.272. The summed E-state index contributed by atoms with van der Waals surface area (Å²) in [6.45, 7) is 7.57. The molecule has 13 heavy (non-hydrogen) atoms. The van der Waals surface area contributed by atoms with Gasteiger partial charge in [-0.1, -0.05) is 13.8 Å². The van der Waals surface area contributed by atoms with Crippen LogP contribution in [0.4, 0.5) is 0 Å². The van der Waals surface area contributed by atoms with Crippen molar-refractivity contribution < 1.29 is 4.79 Å². The van der Waals surface area contributed by atoms with Crippen LogP contribution in [0.2, 0.25) is 0 Å². The Morgan fingerprint density at radius 2 is 1.85 bits per heavy atom. The molecule has 4 heteroatoms. The number of likely N-dealkylation sites (tertiary alicyclic amines) is 1. The molecule has 0 aliphatic carbocycles. The maximum atomic E-state index is 10.9. The SMILES string of the molecule is CC(C(N)=O)N1CC(N)(C(C)C)C1. The van der Waals surface area contributed by atoms with E-state index in [1.165, 1.54) is 0 Å². The molecule has 1 saturated heterocycles. The normalized spacial score (nSPS) is 24.1. The maximum Gasteiger partial charge on any atom is 0.234 e. The Bertz CT molecular complexity index is 209. The Morgan fingerprint density at radius 1 is 1.38 bits per heavy atom. The largest absolute Gasteiger partial charge is 0.368 e. The number of primary amides is 1. The zero-order chi connectivity index (χ0) is 10.2. The average molecular weight is 185 g/mol. The van der Waals surface area contributed by atoms with E-state index in [1.54, 1.807) is 0 Å². The van der Waals surface area contributed by atoms with E-state index in [0.29, 0.717) is 5.92 Å². The zero-order valence-electron chi connectivity index (χ0n) is 8.58. The summed E-state index contributed by atoms with van der Waals surface area (Å²) < 4.78 is 0. The molecule has 1 fully saturated rings. The molecule has 1 aliphatic heterocycles. The number of hydrogen-bond acceptors (Lipinski definition) is 3. The quantitative estimate of drug-likeness (QED) is 0.624. The lowest BCUT2D eigenvalue weighted by molar-refractivity contribution is -0.126. The maximum absolute atomic E-state index is 10.9. The van der Waals surface area contributed by atoms with E-state index in [1.807, 2.05) is 11.8 Å². The molecule has 76 valence electrons. The Labute approximate surface area is 79.3 Å². The van der Waals surface area contributed by atoms with E-state index >= 15 is 0 Å². The molecule has 4 N–H and O–H groups in total. The van der Waals surface area contributed by atoms with Gasteiger partial charge in [0.25, 0.3) is 0 Å². The molecule has 1 amide bonds. The van der Waals surface area contributed by atoms with Crippen LogP contribution < -0.4 is 11.5 Å². The molecule has 0 spiro atoms. The van der Waals surface area contributed by atoms with E-state index in [2.05, 4.69) is 13.8 Å². The standard InChI is InChI=1S/C9H19N3O/c1-6(2)9(11)4-12(5-9)7(3)8(10)13/h6-7H,4-5,11H2,1-3H3,(H2,10,13). The lowest BCUT2D eigenvalue weighted by Crippen LogP contribution is -2.72. The van der Waals surface area contributed by atoms with Gasteiger partial charge in [-0.25, -0.2) is 0 Å². The van der Waals surface area contributed by atoms with Gasteiger partial charge in [-0.05, 0) is 12.8 Å². The van der Waals surface area contributed by atoms with Gasteiger partial charge in [0.15, 0.2) is 0 Å². The van der Waals surface area contributed by atoms with Crippen molar-refractivity contribution in [2.45, 2.75) is 32.4 Å². The van der Waals surface area contributed by atoms with Crippen LogP contribution in [-0.2, 0) is 4.79 Å². The molecule has 1 aliphatic rings. The second-order valence-electron chi connectivity index (χ2n) is 4.37. The number of nitrogens with zero attached hydrogens (tertiary/aromatic N) is 1. The van der Waals surface area contributed by atoms with E-state index in [9.17, 15) is 4.79 Å². The lowest BCUT2D eigenvalue weighted by atomic mass is 9.79. The molecule has 0 aromatic heterocycles. The summed E-state index contributed by atoms with van der Waals surface area (Å²) in [4.78, 5) is 12.9. The summed E-state index contributed by atoms with van der Waals surface area (Å²) in [7, 11) is 0. The summed E-state index contributed by atoms with van der Waals surface area (Å²) in [5.41, 5.74) is 11.1. The Balaban J connectivity index is 2.45. The van der Waals surface area contributed by atoms with Crippen molar-refractivity contribution >= 4 is 5.91 Å². The fourth-order valence-corrected chi connectivity index (χ4v) is 1.53. The monoisotopic (exact) mass is 185 g/mol. The molecule has 0 bridgehead atoms. The summed E-state index contributed by atoms with van der Waals surface area (Å²) in [5, 5.41) is 0. The van der Waals surface area contributed by atoms with Gasteiger partial charge in [0.2, 0.25) is 5.91 Å². The van der Waals surface area contributed by atoms with Crippen molar-refractivity contribution in [2.75, 3.05) is 13.1 Å². The molecule has 0 radical (unpaired) electrons. The minimum Gasteiger partial charge on any atom is -0.368 e. The third-order valence-corrected chi connectivity index (χ3v) is 3.10. The third-order valence-electron chi connectivity index (χ3n) is 3.10. The molecule has 1 atom stereocenters. The summed E-state index contributed by atoms with van der Waals surface area (Å²) in [6, 6.07) is -0.185. The number of carbonyl (C=O) groups excluding carboxylic acids is 1. The lowest BCUT2D eigenvalue weighted by Gasteiger charge is -2.52. The fraction of sp³-hybridized carbons (Fsp3) is 0.889. The second-order valence-corrected chi connectivity index (χ2v) is 4.37. The highest BCUT2D eigenvalue weighted by Gasteiger charge is 2.44. The van der Waals surface area contributed by atoms with Gasteiger partial charge in [-0.2, -0.15) is 0 Å². The highest BCUT2D eigenvalue weighted by atomic mass is 16.1. The van der Waals surface area contributed by atoms with Crippen molar-refractivity contribution in [1.29, 1.82) is 0 Å². The van der Waals surface area contributed by atoms with Gasteiger partial charge in [-0.15, -0.1) is 0 Å². The predicted molar refractivity (Wildman–Crippen MR) is 52.0 cm³/mol. The smallest absolute Gasteiger partial charge is 0.234 e. The van der Waals surface area contributed by atoms with E-state index in [4.69, 9.17) is 11.5 Å². The van der Waals surface area contributed by atoms with E-state index in [0.717, 1.165) is 13.1 Å². The van der Waals surface area contributed by atoms with Crippen LogP contribution in [0, 0.1) is 5.92 Å². The van der Waals surface area contributed by atoms with Crippen LogP contribution >= 0.6 is 0 Å². The topological polar surface area (TPSA) is 72.4 Å². The summed E-state index contributed by atoms with van der Waals surface area (Å²) in [6.07, 6.45) is 0. The first kappa shape index (κ1) is 10.5. The second kappa shape index (κ2) is 3.27. The van der Waals surface area contributed by atoms with Crippen molar-refractivity contribution in [1.82, 2.24) is 4.90 Å². The molecule has 1 rings (SSSR count). The van der Waals surface area contributed by atoms with Gasteiger partial charge in [0, 0.05) is 18.6 Å². The Hall–Kier alpha value is -0.610. The van der Waals surface area contributed by atoms with Gasteiger partial charge >= 0.3 is 0 Å². The molecule has 1 heterocycles. The summed E-state index contributed by atoms with van der Waals surface area (Å²) in [5.74, 6) is 0.176. The summed E-state index contributed by atoms with van der Waals surface area (Å²) >= 11 is 0. The molecule has 4 nitrogen and oxygen atoms in total. The molecule has 0 saturated carbocycles. The Morgan fingerprint density at radius 3 is 2.15 bits per heavy atom. The van der Waals surface area contributed by atoms with Crippen LogP contribution in [0.25, 0.3) is 0 Å². The minimum absolute atomic E-state index is 0.121. The van der Waals surface area contributed by atoms with E-state index in [-0.39, 0.29) is 17.5 Å². The van der Waals surface area contributed by atoms with Crippen LogP contribution in [0.5, 0.6) is 0 Å². The number of rotatable bonds is 3. The van der Waals surface area contributed by atoms with Gasteiger partial charge in [0.05, 0.1) is 6.04 Å². The molecular formula is C9H19N3O.